The maximum absolute atomic E-state index is 13.8. The Hall–Kier alpha value is -3.41. The number of furan rings is 1. The Bertz CT molecular complexity index is 1220. The van der Waals surface area contributed by atoms with Gasteiger partial charge >= 0.3 is 0 Å². The van der Waals surface area contributed by atoms with Crippen molar-refractivity contribution in [2.75, 3.05) is 11.4 Å². The number of pyridine rings is 1. The SMILES string of the molecule is Cc1nn(C)c2nc(-c3ccco3)cc(C(=O)N3CCC(C)c4ccccc43)c12. The topological polar surface area (TPSA) is 64.2 Å². The predicted octanol–water partition coefficient (Wildman–Crippen LogP) is 4.69. The fraction of sp³-hybridized carbons (Fsp3) is 0.261. The Kier molecular flexibility index (Phi) is 4.01. The van der Waals surface area contributed by atoms with E-state index >= 15 is 0 Å². The van der Waals surface area contributed by atoms with Gasteiger partial charge in [0.15, 0.2) is 11.4 Å². The van der Waals surface area contributed by atoms with Gasteiger partial charge in [-0.25, -0.2) is 4.98 Å². The van der Waals surface area contributed by atoms with Gasteiger partial charge in [-0.1, -0.05) is 25.1 Å². The minimum Gasteiger partial charge on any atom is -0.463 e. The quantitative estimate of drug-likeness (QED) is 0.501. The lowest BCUT2D eigenvalue weighted by Crippen LogP contribution is -2.36. The van der Waals surface area contributed by atoms with Crippen molar-refractivity contribution < 1.29 is 9.21 Å². The molecule has 1 aromatic carbocycles. The van der Waals surface area contributed by atoms with Crippen molar-refractivity contribution in [3.8, 4) is 11.5 Å². The van der Waals surface area contributed by atoms with Gasteiger partial charge in [0, 0.05) is 19.3 Å². The summed E-state index contributed by atoms with van der Waals surface area (Å²) in [6.45, 7) is 4.82. The lowest BCUT2D eigenvalue weighted by Gasteiger charge is -2.33. The molecule has 0 radical (unpaired) electrons. The first-order valence-electron chi connectivity index (χ1n) is 9.83. The third kappa shape index (κ3) is 2.75. The van der Waals surface area contributed by atoms with Crippen molar-refractivity contribution in [2.45, 2.75) is 26.2 Å². The van der Waals surface area contributed by atoms with E-state index in [0.29, 0.717) is 35.1 Å². The Balaban J connectivity index is 1.71. The summed E-state index contributed by atoms with van der Waals surface area (Å²) in [6, 6.07) is 13.7. The van der Waals surface area contributed by atoms with Crippen LogP contribution in [0.2, 0.25) is 0 Å². The minimum absolute atomic E-state index is 0.0272. The second-order valence-electron chi connectivity index (χ2n) is 7.65. The van der Waals surface area contributed by atoms with Crippen LogP contribution >= 0.6 is 0 Å². The molecule has 1 aliphatic rings. The van der Waals surface area contributed by atoms with Gasteiger partial charge in [0.1, 0.15) is 5.69 Å². The second kappa shape index (κ2) is 6.58. The normalized spacial score (nSPS) is 16.2. The van der Waals surface area contributed by atoms with Gasteiger partial charge in [-0.15, -0.1) is 0 Å². The zero-order chi connectivity index (χ0) is 20.1. The highest BCUT2D eigenvalue weighted by molar-refractivity contribution is 6.14. The highest BCUT2D eigenvalue weighted by Crippen LogP contribution is 2.37. The first-order chi connectivity index (χ1) is 14.0. The van der Waals surface area contributed by atoms with Crippen LogP contribution in [0.15, 0.2) is 53.1 Å². The highest BCUT2D eigenvalue weighted by Gasteiger charge is 2.29. The number of rotatable bonds is 2. The summed E-state index contributed by atoms with van der Waals surface area (Å²) in [5.74, 6) is 1.04. The molecule has 6 nitrogen and oxygen atoms in total. The zero-order valence-electron chi connectivity index (χ0n) is 16.7. The number of carbonyl (C=O) groups is 1. The van der Waals surface area contributed by atoms with Crippen molar-refractivity contribution in [1.82, 2.24) is 14.8 Å². The van der Waals surface area contributed by atoms with Gasteiger partial charge in [-0.3, -0.25) is 9.48 Å². The summed E-state index contributed by atoms with van der Waals surface area (Å²) in [6.07, 6.45) is 2.55. The standard InChI is InChI=1S/C23H22N4O2/c1-14-10-11-27(19-8-5-4-7-16(14)19)23(28)17-13-18(20-9-6-12-29-20)24-22-21(17)15(2)25-26(22)3/h4-9,12-14H,10-11H2,1-3H3. The maximum Gasteiger partial charge on any atom is 0.259 e. The first kappa shape index (κ1) is 17.7. The van der Waals surface area contributed by atoms with Crippen LogP contribution in [0.3, 0.4) is 0 Å². The molecule has 0 fully saturated rings. The Morgan fingerprint density at radius 3 is 2.83 bits per heavy atom. The van der Waals surface area contributed by atoms with Crippen LogP contribution in [0.5, 0.6) is 0 Å². The number of aromatic nitrogens is 3. The molecule has 146 valence electrons. The molecule has 0 saturated heterocycles. The van der Waals surface area contributed by atoms with E-state index in [9.17, 15) is 4.79 Å². The number of hydrogen-bond acceptors (Lipinski definition) is 4. The summed E-state index contributed by atoms with van der Waals surface area (Å²) in [4.78, 5) is 20.4. The summed E-state index contributed by atoms with van der Waals surface area (Å²) in [5, 5.41) is 5.31. The van der Waals surface area contributed by atoms with Crippen LogP contribution < -0.4 is 4.90 Å². The Morgan fingerprint density at radius 1 is 1.21 bits per heavy atom. The Morgan fingerprint density at radius 2 is 2.03 bits per heavy atom. The van der Waals surface area contributed by atoms with E-state index in [2.05, 4.69) is 18.1 Å². The van der Waals surface area contributed by atoms with Gasteiger partial charge < -0.3 is 9.32 Å². The van der Waals surface area contributed by atoms with Crippen LogP contribution in [-0.4, -0.2) is 27.2 Å². The van der Waals surface area contributed by atoms with Crippen molar-refractivity contribution in [3.05, 3.63) is 65.5 Å². The van der Waals surface area contributed by atoms with E-state index in [1.165, 1.54) is 5.56 Å². The van der Waals surface area contributed by atoms with Crippen molar-refractivity contribution >= 4 is 22.6 Å². The minimum atomic E-state index is -0.0272. The number of anilines is 1. The van der Waals surface area contributed by atoms with Gasteiger partial charge in [0.25, 0.3) is 5.91 Å². The molecule has 1 amide bonds. The van der Waals surface area contributed by atoms with Gasteiger partial charge in [-0.05, 0) is 49.1 Å². The van der Waals surface area contributed by atoms with E-state index in [-0.39, 0.29) is 5.91 Å². The van der Waals surface area contributed by atoms with Crippen LogP contribution in [0.25, 0.3) is 22.5 Å². The van der Waals surface area contributed by atoms with Gasteiger partial charge in [0.05, 0.1) is 22.9 Å². The van der Waals surface area contributed by atoms with Gasteiger partial charge in [0.2, 0.25) is 0 Å². The van der Waals surface area contributed by atoms with Crippen LogP contribution in [0, 0.1) is 6.92 Å². The molecule has 0 bridgehead atoms. The van der Waals surface area contributed by atoms with Crippen molar-refractivity contribution in [1.29, 1.82) is 0 Å². The van der Waals surface area contributed by atoms with E-state index in [1.54, 1.807) is 10.9 Å². The number of amides is 1. The molecule has 29 heavy (non-hydrogen) atoms. The number of fused-ring (bicyclic) bond motifs is 2. The van der Waals surface area contributed by atoms with E-state index in [4.69, 9.17) is 9.40 Å². The molecule has 6 heteroatoms. The summed E-state index contributed by atoms with van der Waals surface area (Å²) in [5.41, 5.74) is 4.92. The monoisotopic (exact) mass is 386 g/mol. The van der Waals surface area contributed by atoms with Crippen LogP contribution in [0.1, 0.15) is 40.9 Å². The molecule has 4 heterocycles. The van der Waals surface area contributed by atoms with Crippen LogP contribution in [-0.2, 0) is 7.05 Å². The molecule has 0 saturated carbocycles. The molecule has 3 aromatic heterocycles. The largest absolute Gasteiger partial charge is 0.463 e. The second-order valence-corrected chi connectivity index (χ2v) is 7.65. The highest BCUT2D eigenvalue weighted by atomic mass is 16.3. The number of nitrogens with zero attached hydrogens (tertiary/aromatic N) is 4. The third-order valence-electron chi connectivity index (χ3n) is 5.76. The summed E-state index contributed by atoms with van der Waals surface area (Å²) < 4.78 is 7.27. The number of para-hydroxylation sites is 1. The number of benzene rings is 1. The number of carbonyl (C=O) groups excluding carboxylic acids is 1. The fourth-order valence-corrected chi connectivity index (χ4v) is 4.27. The van der Waals surface area contributed by atoms with Crippen LogP contribution in [0.4, 0.5) is 5.69 Å². The Labute approximate surface area is 168 Å². The number of hydrogen-bond donors (Lipinski definition) is 0. The molecule has 4 aromatic rings. The van der Waals surface area contributed by atoms with E-state index in [0.717, 1.165) is 23.2 Å². The third-order valence-corrected chi connectivity index (χ3v) is 5.76. The molecule has 0 aliphatic carbocycles. The van der Waals surface area contributed by atoms with E-state index < -0.39 is 0 Å². The number of aryl methyl sites for hydroxylation is 2. The molecule has 1 atom stereocenters. The van der Waals surface area contributed by atoms with Gasteiger partial charge in [-0.2, -0.15) is 5.10 Å². The smallest absolute Gasteiger partial charge is 0.259 e. The predicted molar refractivity (Wildman–Crippen MR) is 112 cm³/mol. The lowest BCUT2D eigenvalue weighted by atomic mass is 9.91. The molecular weight excluding hydrogens is 364 g/mol. The maximum atomic E-state index is 13.8. The van der Waals surface area contributed by atoms with Crippen molar-refractivity contribution in [2.24, 2.45) is 7.05 Å². The summed E-state index contributed by atoms with van der Waals surface area (Å²) >= 11 is 0. The molecule has 5 rings (SSSR count). The molecule has 0 N–H and O–H groups in total. The fourth-order valence-electron chi connectivity index (χ4n) is 4.27. The molecule has 0 spiro atoms. The lowest BCUT2D eigenvalue weighted by molar-refractivity contribution is 0.0986. The first-order valence-corrected chi connectivity index (χ1v) is 9.83. The van der Waals surface area contributed by atoms with Crippen molar-refractivity contribution in [3.63, 3.8) is 0 Å². The molecular formula is C23H22N4O2. The average molecular weight is 386 g/mol. The molecule has 1 unspecified atom stereocenters. The zero-order valence-corrected chi connectivity index (χ0v) is 16.7. The molecule has 1 aliphatic heterocycles. The van der Waals surface area contributed by atoms with E-state index in [1.807, 2.05) is 55.3 Å². The summed E-state index contributed by atoms with van der Waals surface area (Å²) in [7, 11) is 1.85. The average Bonchev–Trinajstić information content (AvgIpc) is 3.36.